The predicted molar refractivity (Wildman–Crippen MR) is 109 cm³/mol. The van der Waals surface area contributed by atoms with Crippen LogP contribution in [0.5, 0.6) is 0 Å². The third-order valence-corrected chi connectivity index (χ3v) is 5.63. The molecule has 1 heterocycles. The molecule has 1 amide bonds. The zero-order valence-corrected chi connectivity index (χ0v) is 18.3. The topological polar surface area (TPSA) is 63.1 Å². The third-order valence-electron chi connectivity index (χ3n) is 4.70. The highest BCUT2D eigenvalue weighted by molar-refractivity contribution is 7.99. The summed E-state index contributed by atoms with van der Waals surface area (Å²) in [6.45, 7) is 1.84. The van der Waals surface area contributed by atoms with Crippen LogP contribution in [-0.2, 0) is 4.79 Å². The van der Waals surface area contributed by atoms with E-state index in [4.69, 9.17) is 0 Å². The van der Waals surface area contributed by atoms with Gasteiger partial charge in [-0.25, -0.2) is 26.3 Å². The number of nitrogens with one attached hydrogen (secondary N) is 1. The number of amides is 1. The van der Waals surface area contributed by atoms with Crippen molar-refractivity contribution in [2.45, 2.75) is 18.1 Å². The highest BCUT2D eigenvalue weighted by Gasteiger charge is 2.27. The van der Waals surface area contributed by atoms with Gasteiger partial charge in [-0.05, 0) is 45.3 Å². The predicted octanol–water partition coefficient (Wildman–Crippen LogP) is 4.46. The molecule has 1 unspecified atom stereocenters. The number of hydrogen-bond donors (Lipinski definition) is 1. The molecule has 0 aliphatic rings. The first kappa shape index (κ1) is 24.6. The van der Waals surface area contributed by atoms with E-state index >= 15 is 0 Å². The fourth-order valence-electron chi connectivity index (χ4n) is 2.73. The summed E-state index contributed by atoms with van der Waals surface area (Å²) in [7, 11) is 3.61. The van der Waals surface area contributed by atoms with Gasteiger partial charge in [-0.2, -0.15) is 0 Å². The molecular formula is C20H17F6N5OS. The Balaban J connectivity index is 1.86. The average Bonchev–Trinajstić information content (AvgIpc) is 3.21. The molecule has 1 aromatic heterocycles. The lowest BCUT2D eigenvalue weighted by Gasteiger charge is -2.20. The van der Waals surface area contributed by atoms with Gasteiger partial charge in [0.05, 0.1) is 11.8 Å². The zero-order valence-electron chi connectivity index (χ0n) is 17.5. The fraction of sp³-hybridized carbons (Fsp3) is 0.250. The van der Waals surface area contributed by atoms with Crippen LogP contribution in [0, 0.1) is 34.9 Å². The summed E-state index contributed by atoms with van der Waals surface area (Å²) >= 11 is 0.805. The van der Waals surface area contributed by atoms with Crippen LogP contribution in [0.3, 0.4) is 0 Å². The summed E-state index contributed by atoms with van der Waals surface area (Å²) in [5, 5.41) is 10.0. The third kappa shape index (κ3) is 4.98. The molecule has 0 bridgehead atoms. The first-order valence-electron chi connectivity index (χ1n) is 9.34. The molecule has 0 fully saturated rings. The maximum absolute atomic E-state index is 13.8. The Morgan fingerprint density at radius 1 is 0.970 bits per heavy atom. The lowest BCUT2D eigenvalue weighted by atomic mass is 10.2. The van der Waals surface area contributed by atoms with Crippen LogP contribution < -0.4 is 5.32 Å². The van der Waals surface area contributed by atoms with Crippen LogP contribution >= 0.6 is 11.8 Å². The van der Waals surface area contributed by atoms with Crippen LogP contribution in [0.4, 0.5) is 32.0 Å². The van der Waals surface area contributed by atoms with Gasteiger partial charge in [0, 0.05) is 5.69 Å². The molecule has 1 atom stereocenters. The number of rotatable bonds is 7. The molecule has 0 saturated carbocycles. The molecule has 0 spiro atoms. The summed E-state index contributed by atoms with van der Waals surface area (Å²) in [4.78, 5) is 14.1. The van der Waals surface area contributed by atoms with E-state index in [-0.39, 0.29) is 11.2 Å². The Kier molecular flexibility index (Phi) is 7.32. The van der Waals surface area contributed by atoms with Crippen molar-refractivity contribution in [2.24, 2.45) is 0 Å². The van der Waals surface area contributed by atoms with Gasteiger partial charge in [0.2, 0.25) is 11.7 Å². The molecule has 6 nitrogen and oxygen atoms in total. The standard InChI is InChI=1S/C20H17F6N5OS/c1-9(30(2)3)19-28-29-20(31(19)11-6-4-10(21)5-7-11)33-8-12(32)27-18-16(25)14(23)13(22)15(24)17(18)26/h4-7,9H,8H2,1-3H3,(H,27,32). The lowest BCUT2D eigenvalue weighted by molar-refractivity contribution is -0.113. The molecule has 0 saturated heterocycles. The number of hydrogen-bond acceptors (Lipinski definition) is 5. The minimum absolute atomic E-state index is 0.192. The molecule has 176 valence electrons. The van der Waals surface area contributed by atoms with Gasteiger partial charge in [-0.3, -0.25) is 14.3 Å². The second kappa shape index (κ2) is 9.83. The Hall–Kier alpha value is -3.06. The van der Waals surface area contributed by atoms with E-state index in [9.17, 15) is 31.1 Å². The lowest BCUT2D eigenvalue weighted by Crippen LogP contribution is -2.21. The maximum atomic E-state index is 13.8. The minimum Gasteiger partial charge on any atom is -0.320 e. The molecule has 33 heavy (non-hydrogen) atoms. The van der Waals surface area contributed by atoms with E-state index in [2.05, 4.69) is 10.2 Å². The Bertz CT molecular complexity index is 1160. The highest BCUT2D eigenvalue weighted by Crippen LogP contribution is 2.29. The molecule has 13 heteroatoms. The van der Waals surface area contributed by atoms with Gasteiger partial charge in [-0.15, -0.1) is 10.2 Å². The molecule has 3 rings (SSSR count). The number of anilines is 1. The molecule has 2 aromatic carbocycles. The van der Waals surface area contributed by atoms with E-state index < -0.39 is 52.3 Å². The first-order valence-corrected chi connectivity index (χ1v) is 10.3. The van der Waals surface area contributed by atoms with Crippen molar-refractivity contribution in [3.63, 3.8) is 0 Å². The Morgan fingerprint density at radius 3 is 2.06 bits per heavy atom. The summed E-state index contributed by atoms with van der Waals surface area (Å²) in [5.41, 5.74) is -0.952. The SMILES string of the molecule is CC(c1nnc(SCC(=O)Nc2c(F)c(F)c(F)c(F)c2F)n1-c1ccc(F)cc1)N(C)C. The number of aromatic nitrogens is 3. The van der Waals surface area contributed by atoms with Gasteiger partial charge in [0.1, 0.15) is 11.5 Å². The highest BCUT2D eigenvalue weighted by atomic mass is 32.2. The fourth-order valence-corrected chi connectivity index (χ4v) is 3.49. The van der Waals surface area contributed by atoms with E-state index in [0.717, 1.165) is 11.8 Å². The summed E-state index contributed by atoms with van der Waals surface area (Å²) in [5.74, 6) is -12.5. The maximum Gasteiger partial charge on any atom is 0.235 e. The number of carbonyl (C=O) groups is 1. The van der Waals surface area contributed by atoms with Crippen molar-refractivity contribution in [1.82, 2.24) is 19.7 Å². The van der Waals surface area contributed by atoms with Crippen LogP contribution in [-0.4, -0.2) is 45.4 Å². The largest absolute Gasteiger partial charge is 0.320 e. The average molecular weight is 489 g/mol. The van der Waals surface area contributed by atoms with Gasteiger partial charge in [-0.1, -0.05) is 11.8 Å². The van der Waals surface area contributed by atoms with Crippen molar-refractivity contribution in [1.29, 1.82) is 0 Å². The molecule has 3 aromatic rings. The van der Waals surface area contributed by atoms with Crippen molar-refractivity contribution >= 4 is 23.4 Å². The number of thioether (sulfide) groups is 1. The second-order valence-electron chi connectivity index (χ2n) is 7.07. The van der Waals surface area contributed by atoms with Crippen LogP contribution in [0.1, 0.15) is 18.8 Å². The van der Waals surface area contributed by atoms with Crippen molar-refractivity contribution in [3.8, 4) is 5.69 Å². The monoisotopic (exact) mass is 489 g/mol. The van der Waals surface area contributed by atoms with Crippen LogP contribution in [0.2, 0.25) is 0 Å². The van der Waals surface area contributed by atoms with E-state index in [1.807, 2.05) is 11.8 Å². The van der Waals surface area contributed by atoms with E-state index in [0.29, 0.717) is 11.5 Å². The minimum atomic E-state index is -2.33. The Morgan fingerprint density at radius 2 is 1.52 bits per heavy atom. The quantitative estimate of drug-likeness (QED) is 0.230. The van der Waals surface area contributed by atoms with Crippen LogP contribution in [0.15, 0.2) is 29.4 Å². The normalized spacial score (nSPS) is 12.3. The van der Waals surface area contributed by atoms with Gasteiger partial charge >= 0.3 is 0 Å². The molecule has 0 aliphatic carbocycles. The molecule has 1 N–H and O–H groups in total. The molecule has 0 radical (unpaired) electrons. The second-order valence-corrected chi connectivity index (χ2v) is 8.02. The molecular weight excluding hydrogens is 472 g/mol. The smallest absolute Gasteiger partial charge is 0.235 e. The first-order chi connectivity index (χ1) is 15.5. The van der Waals surface area contributed by atoms with E-state index in [1.54, 1.807) is 24.0 Å². The van der Waals surface area contributed by atoms with Gasteiger partial charge in [0.25, 0.3) is 0 Å². The number of carbonyl (C=O) groups excluding carboxylic acids is 1. The zero-order chi connectivity index (χ0) is 24.4. The van der Waals surface area contributed by atoms with Crippen molar-refractivity contribution in [3.05, 3.63) is 65.0 Å². The van der Waals surface area contributed by atoms with Crippen LogP contribution in [0.25, 0.3) is 5.69 Å². The Labute approximate surface area is 188 Å². The van der Waals surface area contributed by atoms with Crippen molar-refractivity contribution < 1.29 is 31.1 Å². The summed E-state index contributed by atoms with van der Waals surface area (Å²) in [6.07, 6.45) is 0. The van der Waals surface area contributed by atoms with Crippen molar-refractivity contribution in [2.75, 3.05) is 25.2 Å². The van der Waals surface area contributed by atoms with Gasteiger partial charge < -0.3 is 5.32 Å². The van der Waals surface area contributed by atoms with Gasteiger partial charge in [0.15, 0.2) is 34.2 Å². The number of nitrogens with zero attached hydrogens (tertiary/aromatic N) is 4. The van der Waals surface area contributed by atoms with E-state index in [1.165, 1.54) is 24.3 Å². The summed E-state index contributed by atoms with van der Waals surface area (Å²) < 4.78 is 82.4. The molecule has 0 aliphatic heterocycles. The number of halogens is 6. The number of benzene rings is 2. The summed E-state index contributed by atoms with van der Waals surface area (Å²) in [6, 6.07) is 5.17.